The highest BCUT2D eigenvalue weighted by Crippen LogP contribution is 2.27. The maximum absolute atomic E-state index is 12.2. The standard InChI is InChI=1S/C22H20N2O8/c1-13(25)23-15-5-7-18(29-2)17(9-15)24-20(26)11-31-22(28)12-30-16-6-3-14-4-8-21(27)32-19(14)10-16/h3-10H,11-12H2,1-2H3,(H,23,25)(H,24,26). The summed E-state index contributed by atoms with van der Waals surface area (Å²) in [5, 5.41) is 5.85. The van der Waals surface area contributed by atoms with Crippen molar-refractivity contribution in [3.63, 3.8) is 0 Å². The van der Waals surface area contributed by atoms with Crippen LogP contribution in [0, 0.1) is 0 Å². The summed E-state index contributed by atoms with van der Waals surface area (Å²) < 4.78 is 20.5. The van der Waals surface area contributed by atoms with Gasteiger partial charge in [0, 0.05) is 30.1 Å². The Morgan fingerprint density at radius 3 is 2.50 bits per heavy atom. The molecule has 0 fully saturated rings. The minimum Gasteiger partial charge on any atom is -0.495 e. The number of amides is 2. The first-order chi connectivity index (χ1) is 15.3. The number of anilines is 2. The van der Waals surface area contributed by atoms with E-state index in [1.165, 1.54) is 32.2 Å². The molecule has 3 rings (SSSR count). The van der Waals surface area contributed by atoms with Crippen LogP contribution in [0.2, 0.25) is 0 Å². The van der Waals surface area contributed by atoms with Gasteiger partial charge in [-0.25, -0.2) is 9.59 Å². The molecule has 10 nitrogen and oxygen atoms in total. The summed E-state index contributed by atoms with van der Waals surface area (Å²) in [4.78, 5) is 46.6. The molecule has 166 valence electrons. The van der Waals surface area contributed by atoms with Gasteiger partial charge in [-0.2, -0.15) is 0 Å². The van der Waals surface area contributed by atoms with Crippen molar-refractivity contribution >= 4 is 40.1 Å². The second-order valence-electron chi connectivity index (χ2n) is 6.55. The van der Waals surface area contributed by atoms with Gasteiger partial charge < -0.3 is 29.3 Å². The third-order valence-electron chi connectivity index (χ3n) is 4.11. The van der Waals surface area contributed by atoms with Crippen LogP contribution in [-0.2, 0) is 19.1 Å². The van der Waals surface area contributed by atoms with Gasteiger partial charge in [0.05, 0.1) is 12.8 Å². The Labute approximate surface area is 182 Å². The second kappa shape index (κ2) is 10.1. The Bertz CT molecular complexity index is 1220. The van der Waals surface area contributed by atoms with Crippen LogP contribution in [0.15, 0.2) is 57.7 Å². The molecule has 0 bridgehead atoms. The smallest absolute Gasteiger partial charge is 0.344 e. The molecular weight excluding hydrogens is 420 g/mol. The van der Waals surface area contributed by atoms with Crippen molar-refractivity contribution in [1.29, 1.82) is 0 Å². The lowest BCUT2D eigenvalue weighted by Gasteiger charge is -2.12. The lowest BCUT2D eigenvalue weighted by atomic mass is 10.2. The van der Waals surface area contributed by atoms with Gasteiger partial charge in [0.1, 0.15) is 17.1 Å². The monoisotopic (exact) mass is 440 g/mol. The number of ether oxygens (including phenoxy) is 3. The zero-order valence-electron chi connectivity index (χ0n) is 17.3. The highest BCUT2D eigenvalue weighted by Gasteiger charge is 2.13. The van der Waals surface area contributed by atoms with E-state index in [2.05, 4.69) is 10.6 Å². The Balaban J connectivity index is 1.52. The van der Waals surface area contributed by atoms with E-state index in [9.17, 15) is 19.2 Å². The minimum absolute atomic E-state index is 0.269. The van der Waals surface area contributed by atoms with E-state index >= 15 is 0 Å². The van der Waals surface area contributed by atoms with Crippen LogP contribution in [0.1, 0.15) is 6.92 Å². The SMILES string of the molecule is COc1ccc(NC(C)=O)cc1NC(=O)COC(=O)COc1ccc2ccc(=O)oc2c1. The number of fused-ring (bicyclic) bond motifs is 1. The molecule has 1 aromatic heterocycles. The highest BCUT2D eigenvalue weighted by molar-refractivity contribution is 5.96. The second-order valence-corrected chi connectivity index (χ2v) is 6.55. The van der Waals surface area contributed by atoms with Gasteiger partial charge in [-0.3, -0.25) is 9.59 Å². The van der Waals surface area contributed by atoms with Crippen molar-refractivity contribution in [2.75, 3.05) is 31.0 Å². The van der Waals surface area contributed by atoms with Crippen LogP contribution >= 0.6 is 0 Å². The number of carbonyl (C=O) groups excluding carboxylic acids is 3. The molecule has 10 heteroatoms. The summed E-state index contributed by atoms with van der Waals surface area (Å²) in [6.45, 7) is 0.358. The van der Waals surface area contributed by atoms with Crippen LogP contribution < -0.4 is 25.7 Å². The topological polar surface area (TPSA) is 133 Å². The quantitative estimate of drug-likeness (QED) is 0.403. The summed E-state index contributed by atoms with van der Waals surface area (Å²) in [5.74, 6) is -0.981. The molecule has 0 saturated carbocycles. The van der Waals surface area contributed by atoms with Crippen LogP contribution in [0.3, 0.4) is 0 Å². The Morgan fingerprint density at radius 2 is 1.75 bits per heavy atom. The van der Waals surface area contributed by atoms with Crippen LogP contribution in [0.4, 0.5) is 11.4 Å². The van der Waals surface area contributed by atoms with E-state index < -0.39 is 30.7 Å². The zero-order valence-corrected chi connectivity index (χ0v) is 17.3. The van der Waals surface area contributed by atoms with Gasteiger partial charge >= 0.3 is 11.6 Å². The normalized spacial score (nSPS) is 10.3. The first-order valence-electron chi connectivity index (χ1n) is 9.42. The van der Waals surface area contributed by atoms with Crippen molar-refractivity contribution in [3.8, 4) is 11.5 Å². The van der Waals surface area contributed by atoms with E-state index in [4.69, 9.17) is 18.6 Å². The van der Waals surface area contributed by atoms with Gasteiger partial charge in [-0.15, -0.1) is 0 Å². The van der Waals surface area contributed by atoms with E-state index in [1.807, 2.05) is 0 Å². The molecule has 32 heavy (non-hydrogen) atoms. The maximum atomic E-state index is 12.2. The molecule has 2 aromatic carbocycles. The fourth-order valence-corrected chi connectivity index (χ4v) is 2.73. The molecule has 0 aliphatic heterocycles. The average molecular weight is 440 g/mol. The van der Waals surface area contributed by atoms with Gasteiger partial charge in [-0.1, -0.05) is 0 Å². The lowest BCUT2D eigenvalue weighted by Crippen LogP contribution is -2.24. The lowest BCUT2D eigenvalue weighted by molar-refractivity contribution is -0.149. The predicted molar refractivity (Wildman–Crippen MR) is 115 cm³/mol. The fraction of sp³-hybridized carbons (Fsp3) is 0.182. The largest absolute Gasteiger partial charge is 0.495 e. The molecule has 0 unspecified atom stereocenters. The number of esters is 1. The molecule has 3 aromatic rings. The van der Waals surface area contributed by atoms with Crippen molar-refractivity contribution in [3.05, 3.63) is 59.0 Å². The first-order valence-corrected chi connectivity index (χ1v) is 9.42. The molecule has 0 saturated heterocycles. The summed E-state index contributed by atoms with van der Waals surface area (Å²) >= 11 is 0. The van der Waals surface area contributed by atoms with Gasteiger partial charge in [0.2, 0.25) is 5.91 Å². The van der Waals surface area contributed by atoms with Crippen molar-refractivity contribution in [2.45, 2.75) is 6.92 Å². The van der Waals surface area contributed by atoms with Gasteiger partial charge in [0.25, 0.3) is 5.91 Å². The van der Waals surface area contributed by atoms with Crippen LogP contribution in [-0.4, -0.2) is 38.1 Å². The molecule has 0 aliphatic carbocycles. The predicted octanol–water partition coefficient (Wildman–Crippen LogP) is 2.32. The molecular formula is C22H20N2O8. The Morgan fingerprint density at radius 1 is 0.969 bits per heavy atom. The van der Waals surface area contributed by atoms with E-state index in [1.54, 1.807) is 30.3 Å². The number of nitrogens with one attached hydrogen (secondary N) is 2. The first kappa shape index (κ1) is 22.3. The Kier molecular flexibility index (Phi) is 7.06. The number of benzene rings is 2. The number of carbonyl (C=O) groups is 3. The zero-order chi connectivity index (χ0) is 23.1. The highest BCUT2D eigenvalue weighted by atomic mass is 16.6. The molecule has 0 aliphatic rings. The van der Waals surface area contributed by atoms with Crippen molar-refractivity contribution in [2.24, 2.45) is 0 Å². The van der Waals surface area contributed by atoms with Crippen molar-refractivity contribution < 1.29 is 33.0 Å². The molecule has 2 amide bonds. The Hall–Kier alpha value is -4.34. The third-order valence-corrected chi connectivity index (χ3v) is 4.11. The number of rotatable bonds is 8. The fourth-order valence-electron chi connectivity index (χ4n) is 2.73. The van der Waals surface area contributed by atoms with E-state index in [-0.39, 0.29) is 5.91 Å². The maximum Gasteiger partial charge on any atom is 0.344 e. The molecule has 2 N–H and O–H groups in total. The van der Waals surface area contributed by atoms with E-state index in [0.717, 1.165) is 0 Å². The number of methoxy groups -OCH3 is 1. The molecule has 1 heterocycles. The number of hydrogen-bond acceptors (Lipinski definition) is 8. The van der Waals surface area contributed by atoms with Gasteiger partial charge in [-0.05, 0) is 36.4 Å². The molecule has 0 spiro atoms. The summed E-state index contributed by atoms with van der Waals surface area (Å²) in [7, 11) is 1.43. The van der Waals surface area contributed by atoms with Gasteiger partial charge in [0.15, 0.2) is 13.2 Å². The molecule has 0 radical (unpaired) electrons. The van der Waals surface area contributed by atoms with Crippen LogP contribution in [0.25, 0.3) is 11.0 Å². The van der Waals surface area contributed by atoms with Crippen molar-refractivity contribution in [1.82, 2.24) is 0 Å². The third kappa shape index (κ3) is 6.08. The van der Waals surface area contributed by atoms with Crippen LogP contribution in [0.5, 0.6) is 11.5 Å². The average Bonchev–Trinajstić information content (AvgIpc) is 2.75. The summed E-state index contributed by atoms with van der Waals surface area (Å²) in [6, 6.07) is 12.4. The van der Waals surface area contributed by atoms with E-state index in [0.29, 0.717) is 33.8 Å². The summed E-state index contributed by atoms with van der Waals surface area (Å²) in [5.41, 5.74) is 0.580. The molecule has 0 atom stereocenters. The summed E-state index contributed by atoms with van der Waals surface area (Å²) in [6.07, 6.45) is 0. The number of hydrogen-bond donors (Lipinski definition) is 2. The minimum atomic E-state index is -0.770.